The molecule has 1 aromatic carbocycles. The number of aryl methyl sites for hydroxylation is 2. The molecular formula is C17H18N2O2S. The Morgan fingerprint density at radius 2 is 2.14 bits per heavy atom. The maximum Gasteiger partial charge on any atom is 0.268 e. The molecule has 2 amide bonds. The van der Waals surface area contributed by atoms with E-state index < -0.39 is 0 Å². The lowest BCUT2D eigenvalue weighted by Gasteiger charge is -2.28. The van der Waals surface area contributed by atoms with Crippen LogP contribution in [0.4, 0.5) is 11.4 Å². The number of hydrogen-bond donors (Lipinski definition) is 1. The molecule has 1 aromatic heterocycles. The van der Waals surface area contributed by atoms with Crippen molar-refractivity contribution in [3.8, 4) is 0 Å². The van der Waals surface area contributed by atoms with Crippen LogP contribution in [0.15, 0.2) is 30.3 Å². The van der Waals surface area contributed by atoms with Gasteiger partial charge in [0, 0.05) is 4.88 Å². The van der Waals surface area contributed by atoms with Crippen LogP contribution in [0.2, 0.25) is 0 Å². The van der Waals surface area contributed by atoms with Crippen LogP contribution in [-0.4, -0.2) is 18.4 Å². The SMILES string of the molecule is CCCc1cc(C(=O)N2CC(=O)Nc3ccccc32)sc1C. The van der Waals surface area contributed by atoms with Gasteiger partial charge in [-0.2, -0.15) is 0 Å². The fourth-order valence-electron chi connectivity index (χ4n) is 2.69. The van der Waals surface area contributed by atoms with Crippen molar-refractivity contribution in [2.45, 2.75) is 26.7 Å². The van der Waals surface area contributed by atoms with Crippen LogP contribution in [0.3, 0.4) is 0 Å². The van der Waals surface area contributed by atoms with Crippen LogP contribution < -0.4 is 10.2 Å². The standard InChI is InChI=1S/C17H18N2O2S/c1-3-6-12-9-15(22-11(12)2)17(21)19-10-16(20)18-13-7-4-5-8-14(13)19/h4-5,7-9H,3,6,10H2,1-2H3,(H,18,20). The average Bonchev–Trinajstić information content (AvgIpc) is 2.87. The number of amides is 2. The summed E-state index contributed by atoms with van der Waals surface area (Å²) in [5, 5.41) is 2.80. The van der Waals surface area contributed by atoms with Crippen LogP contribution in [0.1, 0.15) is 33.5 Å². The molecule has 5 heteroatoms. The fraction of sp³-hybridized carbons (Fsp3) is 0.294. The first kappa shape index (κ1) is 14.8. The van der Waals surface area contributed by atoms with Crippen molar-refractivity contribution in [2.75, 3.05) is 16.8 Å². The first-order chi connectivity index (χ1) is 10.6. The first-order valence-electron chi connectivity index (χ1n) is 7.40. The highest BCUT2D eigenvalue weighted by molar-refractivity contribution is 7.14. The summed E-state index contributed by atoms with van der Waals surface area (Å²) >= 11 is 1.51. The zero-order valence-corrected chi connectivity index (χ0v) is 13.5. The first-order valence-corrected chi connectivity index (χ1v) is 8.22. The molecule has 2 aromatic rings. The maximum atomic E-state index is 12.8. The van der Waals surface area contributed by atoms with Gasteiger partial charge >= 0.3 is 0 Å². The molecule has 4 nitrogen and oxygen atoms in total. The summed E-state index contributed by atoms with van der Waals surface area (Å²) in [6.07, 6.45) is 2.03. The lowest BCUT2D eigenvalue weighted by atomic mass is 10.1. The van der Waals surface area contributed by atoms with Crippen LogP contribution in [0, 0.1) is 6.92 Å². The number of carbonyl (C=O) groups excluding carboxylic acids is 2. The lowest BCUT2D eigenvalue weighted by molar-refractivity contribution is -0.115. The van der Waals surface area contributed by atoms with Crippen molar-refractivity contribution >= 4 is 34.5 Å². The van der Waals surface area contributed by atoms with Gasteiger partial charge in [0.25, 0.3) is 5.91 Å². The summed E-state index contributed by atoms with van der Waals surface area (Å²) in [5.41, 5.74) is 2.68. The molecule has 0 radical (unpaired) electrons. The van der Waals surface area contributed by atoms with Gasteiger partial charge in [-0.25, -0.2) is 0 Å². The number of para-hydroxylation sites is 2. The third-order valence-electron chi connectivity index (χ3n) is 3.77. The second kappa shape index (κ2) is 5.93. The topological polar surface area (TPSA) is 49.4 Å². The second-order valence-electron chi connectivity index (χ2n) is 5.40. The molecule has 0 saturated heterocycles. The summed E-state index contributed by atoms with van der Waals surface area (Å²) in [7, 11) is 0. The third-order valence-corrected chi connectivity index (χ3v) is 4.85. The Morgan fingerprint density at radius 3 is 2.91 bits per heavy atom. The molecule has 0 atom stereocenters. The van der Waals surface area contributed by atoms with E-state index in [4.69, 9.17) is 0 Å². The molecule has 1 N–H and O–H groups in total. The number of carbonyl (C=O) groups is 2. The predicted molar refractivity (Wildman–Crippen MR) is 89.8 cm³/mol. The Bertz CT molecular complexity index is 736. The highest BCUT2D eigenvalue weighted by atomic mass is 32.1. The quantitative estimate of drug-likeness (QED) is 0.941. The van der Waals surface area contributed by atoms with Gasteiger partial charge in [0.2, 0.25) is 5.91 Å². The van der Waals surface area contributed by atoms with E-state index in [0.29, 0.717) is 10.6 Å². The van der Waals surface area contributed by atoms with E-state index in [1.165, 1.54) is 21.8 Å². The number of thiophene rings is 1. The summed E-state index contributed by atoms with van der Waals surface area (Å²) in [6, 6.07) is 9.37. The highest BCUT2D eigenvalue weighted by Gasteiger charge is 2.28. The number of benzene rings is 1. The van der Waals surface area contributed by atoms with E-state index >= 15 is 0 Å². The maximum absolute atomic E-state index is 12.8. The number of rotatable bonds is 3. The molecular weight excluding hydrogens is 296 g/mol. The van der Waals surface area contributed by atoms with E-state index in [2.05, 4.69) is 12.2 Å². The fourth-order valence-corrected chi connectivity index (χ4v) is 3.71. The van der Waals surface area contributed by atoms with Gasteiger partial charge in [-0.05, 0) is 37.1 Å². The average molecular weight is 314 g/mol. The second-order valence-corrected chi connectivity index (χ2v) is 6.66. The van der Waals surface area contributed by atoms with Crippen molar-refractivity contribution in [1.82, 2.24) is 0 Å². The number of nitrogens with zero attached hydrogens (tertiary/aromatic N) is 1. The van der Waals surface area contributed by atoms with Gasteiger partial charge in [-0.3, -0.25) is 14.5 Å². The molecule has 114 valence electrons. The summed E-state index contributed by atoms with van der Waals surface area (Å²) in [4.78, 5) is 28.1. The lowest BCUT2D eigenvalue weighted by Crippen LogP contribution is -2.41. The molecule has 0 bridgehead atoms. The third kappa shape index (κ3) is 2.64. The minimum atomic E-state index is -0.158. The zero-order valence-electron chi connectivity index (χ0n) is 12.7. The minimum absolute atomic E-state index is 0.0654. The molecule has 1 aliphatic rings. The van der Waals surface area contributed by atoms with E-state index in [1.54, 1.807) is 4.90 Å². The van der Waals surface area contributed by atoms with Gasteiger partial charge in [0.1, 0.15) is 6.54 Å². The van der Waals surface area contributed by atoms with Crippen molar-refractivity contribution < 1.29 is 9.59 Å². The molecule has 3 rings (SSSR count). The molecule has 0 unspecified atom stereocenters. The van der Waals surface area contributed by atoms with Crippen molar-refractivity contribution in [3.05, 3.63) is 45.6 Å². The molecule has 0 saturated carbocycles. The van der Waals surface area contributed by atoms with Crippen molar-refractivity contribution in [1.29, 1.82) is 0 Å². The van der Waals surface area contributed by atoms with Crippen LogP contribution in [0.25, 0.3) is 0 Å². The van der Waals surface area contributed by atoms with Crippen molar-refractivity contribution in [3.63, 3.8) is 0 Å². The van der Waals surface area contributed by atoms with Crippen molar-refractivity contribution in [2.24, 2.45) is 0 Å². The Kier molecular flexibility index (Phi) is 3.98. The van der Waals surface area contributed by atoms with Crippen LogP contribution >= 0.6 is 11.3 Å². The molecule has 1 aliphatic heterocycles. The largest absolute Gasteiger partial charge is 0.323 e. The van der Waals surface area contributed by atoms with E-state index in [-0.39, 0.29) is 18.4 Å². The van der Waals surface area contributed by atoms with Crippen LogP contribution in [-0.2, 0) is 11.2 Å². The highest BCUT2D eigenvalue weighted by Crippen LogP contribution is 2.32. The summed E-state index contributed by atoms with van der Waals surface area (Å²) < 4.78 is 0. The molecule has 0 aliphatic carbocycles. The van der Waals surface area contributed by atoms with E-state index in [0.717, 1.165) is 18.5 Å². The van der Waals surface area contributed by atoms with Gasteiger partial charge < -0.3 is 5.32 Å². The predicted octanol–water partition coefficient (Wildman–Crippen LogP) is 3.61. The van der Waals surface area contributed by atoms with Gasteiger partial charge in [-0.15, -0.1) is 11.3 Å². The Labute approximate surface area is 133 Å². The van der Waals surface area contributed by atoms with Gasteiger partial charge in [0.15, 0.2) is 0 Å². The smallest absolute Gasteiger partial charge is 0.268 e. The van der Waals surface area contributed by atoms with Gasteiger partial charge in [-0.1, -0.05) is 25.5 Å². The van der Waals surface area contributed by atoms with Gasteiger partial charge in [0.05, 0.1) is 16.3 Å². The monoisotopic (exact) mass is 314 g/mol. The number of fused-ring (bicyclic) bond motifs is 1. The number of hydrogen-bond acceptors (Lipinski definition) is 3. The molecule has 2 heterocycles. The Balaban J connectivity index is 1.95. The zero-order chi connectivity index (χ0) is 15.7. The van der Waals surface area contributed by atoms with E-state index in [1.807, 2.05) is 37.3 Å². The molecule has 0 spiro atoms. The summed E-state index contributed by atoms with van der Waals surface area (Å²) in [6.45, 7) is 4.24. The molecule has 22 heavy (non-hydrogen) atoms. The Hall–Kier alpha value is -2.14. The summed E-state index contributed by atoms with van der Waals surface area (Å²) in [5.74, 6) is -0.258. The Morgan fingerprint density at radius 1 is 1.36 bits per heavy atom. The minimum Gasteiger partial charge on any atom is -0.323 e. The van der Waals surface area contributed by atoms with E-state index in [9.17, 15) is 9.59 Å². The number of nitrogens with one attached hydrogen (secondary N) is 1. The molecule has 0 fully saturated rings. The van der Waals surface area contributed by atoms with Crippen LogP contribution in [0.5, 0.6) is 0 Å². The number of anilines is 2. The normalized spacial score (nSPS) is 13.7.